The van der Waals surface area contributed by atoms with Gasteiger partial charge in [0.05, 0.1) is 11.6 Å². The van der Waals surface area contributed by atoms with Crippen molar-refractivity contribution in [2.45, 2.75) is 0 Å². The molecule has 0 bridgehead atoms. The predicted octanol–water partition coefficient (Wildman–Crippen LogP) is 2.07. The maximum Gasteiger partial charge on any atom is 0.235 e. The summed E-state index contributed by atoms with van der Waals surface area (Å²) in [5.74, 6) is 0.366. The van der Waals surface area contributed by atoms with Crippen LogP contribution in [0, 0.1) is 0 Å². The number of hydrogen-bond acceptors (Lipinski definition) is 2. The number of para-hydroxylation sites is 1. The summed E-state index contributed by atoms with van der Waals surface area (Å²) in [5, 5.41) is 3.14. The minimum absolute atomic E-state index is 0.0356. The number of halogens is 2. The minimum Gasteiger partial charge on any atom is -0.490 e. The molecule has 0 atom stereocenters. The number of alkyl halides is 1. The molecule has 1 aromatic rings. The molecule has 82 valence electrons. The van der Waals surface area contributed by atoms with Crippen molar-refractivity contribution in [1.82, 2.24) is 5.32 Å². The standard InChI is InChI=1S/C10H11Cl2NO2/c11-7-10(14)13-5-6-15-9-4-2-1-3-8(9)12/h1-4H,5-7H2,(H,13,14). The van der Waals surface area contributed by atoms with Crippen LogP contribution in [0.4, 0.5) is 0 Å². The lowest BCUT2D eigenvalue weighted by atomic mass is 10.3. The summed E-state index contributed by atoms with van der Waals surface area (Å²) in [5.41, 5.74) is 0. The lowest BCUT2D eigenvalue weighted by molar-refractivity contribution is -0.118. The summed E-state index contributed by atoms with van der Waals surface area (Å²) in [6.45, 7) is 0.781. The number of benzene rings is 1. The molecule has 1 N–H and O–H groups in total. The number of rotatable bonds is 5. The summed E-state index contributed by atoms with van der Waals surface area (Å²) >= 11 is 11.2. The van der Waals surface area contributed by atoms with E-state index in [2.05, 4.69) is 5.32 Å². The topological polar surface area (TPSA) is 38.3 Å². The van der Waals surface area contributed by atoms with Crippen molar-refractivity contribution in [3.05, 3.63) is 29.3 Å². The van der Waals surface area contributed by atoms with Crippen molar-refractivity contribution in [3.8, 4) is 5.75 Å². The lowest BCUT2D eigenvalue weighted by Gasteiger charge is -2.07. The van der Waals surface area contributed by atoms with Gasteiger partial charge in [-0.15, -0.1) is 11.6 Å². The van der Waals surface area contributed by atoms with Crippen LogP contribution in [0.25, 0.3) is 0 Å². The highest BCUT2D eigenvalue weighted by atomic mass is 35.5. The van der Waals surface area contributed by atoms with Gasteiger partial charge >= 0.3 is 0 Å². The highest BCUT2D eigenvalue weighted by Gasteiger charge is 2.00. The zero-order valence-corrected chi connectivity index (χ0v) is 9.52. The van der Waals surface area contributed by atoms with Crippen molar-refractivity contribution >= 4 is 29.1 Å². The average molecular weight is 248 g/mol. The van der Waals surface area contributed by atoms with Crippen LogP contribution in [-0.2, 0) is 4.79 Å². The van der Waals surface area contributed by atoms with Crippen molar-refractivity contribution in [2.75, 3.05) is 19.0 Å². The number of carbonyl (C=O) groups is 1. The van der Waals surface area contributed by atoms with Crippen LogP contribution in [-0.4, -0.2) is 24.9 Å². The molecule has 0 heterocycles. The van der Waals surface area contributed by atoms with E-state index in [1.807, 2.05) is 12.1 Å². The molecule has 0 radical (unpaired) electrons. The summed E-state index contributed by atoms with van der Waals surface area (Å²) in [6, 6.07) is 7.17. The Labute approximate surface area is 98.3 Å². The zero-order chi connectivity index (χ0) is 11.1. The van der Waals surface area contributed by atoms with E-state index in [0.717, 1.165) is 0 Å². The molecule has 0 fully saturated rings. The molecule has 0 saturated heterocycles. The van der Waals surface area contributed by atoms with Gasteiger partial charge in [-0.3, -0.25) is 4.79 Å². The minimum atomic E-state index is -0.209. The molecule has 0 saturated carbocycles. The van der Waals surface area contributed by atoms with Crippen molar-refractivity contribution in [3.63, 3.8) is 0 Å². The van der Waals surface area contributed by atoms with Gasteiger partial charge in [0.2, 0.25) is 5.91 Å². The van der Waals surface area contributed by atoms with Crippen LogP contribution in [0.1, 0.15) is 0 Å². The second kappa shape index (κ2) is 6.53. The number of ether oxygens (including phenoxy) is 1. The number of hydrogen-bond donors (Lipinski definition) is 1. The molecule has 0 aliphatic rings. The van der Waals surface area contributed by atoms with Gasteiger partial charge in [0.25, 0.3) is 0 Å². The third-order valence-corrected chi connectivity index (χ3v) is 2.19. The van der Waals surface area contributed by atoms with Crippen LogP contribution < -0.4 is 10.1 Å². The van der Waals surface area contributed by atoms with Crippen LogP contribution >= 0.6 is 23.2 Å². The molecular formula is C10H11Cl2NO2. The Morgan fingerprint density at radius 3 is 2.80 bits per heavy atom. The predicted molar refractivity (Wildman–Crippen MR) is 60.7 cm³/mol. The van der Waals surface area contributed by atoms with Crippen molar-refractivity contribution < 1.29 is 9.53 Å². The molecule has 0 aromatic heterocycles. The molecule has 0 aliphatic carbocycles. The van der Waals surface area contributed by atoms with E-state index in [9.17, 15) is 4.79 Å². The van der Waals surface area contributed by atoms with Crippen LogP contribution in [0.3, 0.4) is 0 Å². The maximum absolute atomic E-state index is 10.8. The van der Waals surface area contributed by atoms with Gasteiger partial charge in [-0.25, -0.2) is 0 Å². The van der Waals surface area contributed by atoms with E-state index in [1.165, 1.54) is 0 Å². The molecule has 15 heavy (non-hydrogen) atoms. The Bertz CT molecular complexity index is 331. The van der Waals surface area contributed by atoms with Crippen molar-refractivity contribution in [1.29, 1.82) is 0 Å². The average Bonchev–Trinajstić information content (AvgIpc) is 2.26. The summed E-state index contributed by atoms with van der Waals surface area (Å²) in [6.07, 6.45) is 0. The molecule has 1 amide bonds. The Morgan fingerprint density at radius 2 is 2.13 bits per heavy atom. The fourth-order valence-electron chi connectivity index (χ4n) is 0.960. The zero-order valence-electron chi connectivity index (χ0n) is 8.00. The van der Waals surface area contributed by atoms with Gasteiger partial charge < -0.3 is 10.1 Å². The van der Waals surface area contributed by atoms with E-state index in [0.29, 0.717) is 23.9 Å². The first-order chi connectivity index (χ1) is 7.24. The van der Waals surface area contributed by atoms with Crippen molar-refractivity contribution in [2.24, 2.45) is 0 Å². The summed E-state index contributed by atoms with van der Waals surface area (Å²) < 4.78 is 5.34. The van der Waals surface area contributed by atoms with Gasteiger partial charge in [0.1, 0.15) is 18.2 Å². The molecule has 1 rings (SSSR count). The quantitative estimate of drug-likeness (QED) is 0.639. The van der Waals surface area contributed by atoms with E-state index in [-0.39, 0.29) is 11.8 Å². The van der Waals surface area contributed by atoms with E-state index < -0.39 is 0 Å². The molecule has 1 aromatic carbocycles. The first-order valence-electron chi connectivity index (χ1n) is 4.44. The first-order valence-corrected chi connectivity index (χ1v) is 5.35. The first kappa shape index (κ1) is 12.1. The second-order valence-electron chi connectivity index (χ2n) is 2.76. The number of nitrogens with one attached hydrogen (secondary N) is 1. The van der Waals surface area contributed by atoms with Gasteiger partial charge in [0, 0.05) is 0 Å². The monoisotopic (exact) mass is 247 g/mol. The Balaban J connectivity index is 2.26. The molecular weight excluding hydrogens is 237 g/mol. The molecule has 5 heteroatoms. The smallest absolute Gasteiger partial charge is 0.235 e. The lowest BCUT2D eigenvalue weighted by Crippen LogP contribution is -2.28. The second-order valence-corrected chi connectivity index (χ2v) is 3.44. The third-order valence-electron chi connectivity index (χ3n) is 1.64. The fraction of sp³-hybridized carbons (Fsp3) is 0.300. The van der Waals surface area contributed by atoms with Crippen LogP contribution in [0.5, 0.6) is 5.75 Å². The fourth-order valence-corrected chi connectivity index (χ4v) is 1.25. The Morgan fingerprint density at radius 1 is 1.40 bits per heavy atom. The SMILES string of the molecule is O=C(CCl)NCCOc1ccccc1Cl. The molecule has 0 unspecified atom stereocenters. The van der Waals surface area contributed by atoms with E-state index >= 15 is 0 Å². The Hall–Kier alpha value is -0.930. The number of carbonyl (C=O) groups excluding carboxylic acids is 1. The Kier molecular flexibility index (Phi) is 5.29. The number of amides is 1. The van der Waals surface area contributed by atoms with Gasteiger partial charge in [-0.2, -0.15) is 0 Å². The highest BCUT2D eigenvalue weighted by Crippen LogP contribution is 2.22. The maximum atomic E-state index is 10.8. The van der Waals surface area contributed by atoms with Gasteiger partial charge in [0.15, 0.2) is 0 Å². The highest BCUT2D eigenvalue weighted by molar-refractivity contribution is 6.32. The molecule has 0 spiro atoms. The van der Waals surface area contributed by atoms with E-state index in [1.54, 1.807) is 12.1 Å². The molecule has 0 aliphatic heterocycles. The van der Waals surface area contributed by atoms with Gasteiger partial charge in [-0.1, -0.05) is 23.7 Å². The summed E-state index contributed by atoms with van der Waals surface area (Å²) in [7, 11) is 0. The largest absolute Gasteiger partial charge is 0.490 e. The molecule has 3 nitrogen and oxygen atoms in total. The normalized spacial score (nSPS) is 9.73. The van der Waals surface area contributed by atoms with E-state index in [4.69, 9.17) is 27.9 Å². The summed E-state index contributed by atoms with van der Waals surface area (Å²) in [4.78, 5) is 10.8. The van der Waals surface area contributed by atoms with Gasteiger partial charge in [-0.05, 0) is 12.1 Å². The third kappa shape index (κ3) is 4.40. The van der Waals surface area contributed by atoms with Crippen LogP contribution in [0.15, 0.2) is 24.3 Å². The van der Waals surface area contributed by atoms with Crippen LogP contribution in [0.2, 0.25) is 5.02 Å².